The zero-order chi connectivity index (χ0) is 13.5. The summed E-state index contributed by atoms with van der Waals surface area (Å²) in [5.41, 5.74) is 0. The van der Waals surface area contributed by atoms with Gasteiger partial charge in [-0.1, -0.05) is 56.9 Å². The Morgan fingerprint density at radius 2 is 1.89 bits per heavy atom. The molecule has 0 N–H and O–H groups in total. The van der Waals surface area contributed by atoms with Gasteiger partial charge in [0.25, 0.3) is 0 Å². The van der Waals surface area contributed by atoms with Crippen LogP contribution in [0.2, 0.25) is 0 Å². The van der Waals surface area contributed by atoms with Gasteiger partial charge in [0.1, 0.15) is 0 Å². The quantitative estimate of drug-likeness (QED) is 0.347. The molecule has 18 heavy (non-hydrogen) atoms. The van der Waals surface area contributed by atoms with Crippen LogP contribution in [0.25, 0.3) is 0 Å². The monoisotopic (exact) mass is 250 g/mol. The van der Waals surface area contributed by atoms with Crippen molar-refractivity contribution in [3.05, 3.63) is 12.2 Å². The molecule has 0 amide bonds. The van der Waals surface area contributed by atoms with Gasteiger partial charge in [-0.15, -0.1) is 0 Å². The van der Waals surface area contributed by atoms with E-state index < -0.39 is 0 Å². The van der Waals surface area contributed by atoms with Gasteiger partial charge in [-0.05, 0) is 18.9 Å². The third kappa shape index (κ3) is 12.8. The number of hydrogen-bond donors (Lipinski definition) is 0. The molecule has 0 saturated carbocycles. The molecule has 0 heterocycles. The molecule has 0 unspecified atom stereocenters. The van der Waals surface area contributed by atoms with Gasteiger partial charge >= 0.3 is 5.97 Å². The van der Waals surface area contributed by atoms with Crippen molar-refractivity contribution in [1.29, 1.82) is 0 Å². The van der Waals surface area contributed by atoms with E-state index in [1.54, 1.807) is 0 Å². The van der Waals surface area contributed by atoms with Crippen LogP contribution in [0.1, 0.15) is 64.7 Å². The number of ether oxygens (including phenoxy) is 1. The predicted molar refractivity (Wildman–Crippen MR) is 76.2 cm³/mol. The van der Waals surface area contributed by atoms with Crippen molar-refractivity contribution < 1.29 is 9.53 Å². The minimum Gasteiger partial charge on any atom is -0.469 e. The largest absolute Gasteiger partial charge is 0.469 e. The molecule has 0 spiro atoms. The molecule has 0 atom stereocenters. The zero-order valence-electron chi connectivity index (χ0n) is 11.8. The van der Waals surface area contributed by atoms with Crippen molar-refractivity contribution in [2.45, 2.75) is 64.7 Å². The van der Waals surface area contributed by atoms with Gasteiger partial charge in [0.2, 0.25) is 0 Å². The fourth-order valence-electron chi connectivity index (χ4n) is 1.58. The summed E-state index contributed by atoms with van der Waals surface area (Å²) in [6.45, 7) is 2.24. The van der Waals surface area contributed by atoms with Gasteiger partial charge in [-0.25, -0.2) is 0 Å². The fourth-order valence-corrected chi connectivity index (χ4v) is 1.58. The topological polar surface area (TPSA) is 26.3 Å². The highest BCUT2D eigenvalue weighted by Crippen LogP contribution is 2.06. The van der Waals surface area contributed by atoms with E-state index in [1.807, 2.05) is 6.08 Å². The molecule has 0 aromatic rings. The van der Waals surface area contributed by atoms with Crippen LogP contribution in [0, 0.1) is 11.8 Å². The van der Waals surface area contributed by atoms with Crippen molar-refractivity contribution in [3.8, 4) is 11.8 Å². The van der Waals surface area contributed by atoms with Crippen molar-refractivity contribution in [3.63, 3.8) is 0 Å². The molecule has 0 aromatic heterocycles. The number of unbranched alkanes of at least 4 members (excludes halogenated alkanes) is 6. The van der Waals surface area contributed by atoms with Gasteiger partial charge in [0.05, 0.1) is 13.5 Å². The standard InChI is InChI=1S/C16H26O2/c1-3-4-5-6-7-8-9-10-11-12-13-14-15-16(17)18-2/h10-11H,3-9,14-15H2,1-2H3/b11-10+. The van der Waals surface area contributed by atoms with Gasteiger partial charge in [0.15, 0.2) is 0 Å². The van der Waals surface area contributed by atoms with E-state index >= 15 is 0 Å². The normalized spacial score (nSPS) is 10.1. The average molecular weight is 250 g/mol. The summed E-state index contributed by atoms with van der Waals surface area (Å²) >= 11 is 0. The molecular formula is C16H26O2. The van der Waals surface area contributed by atoms with Crippen molar-refractivity contribution >= 4 is 5.97 Å². The molecule has 102 valence electrons. The predicted octanol–water partition coefficient (Wildman–Crippen LogP) is 4.25. The number of carbonyl (C=O) groups is 1. The lowest BCUT2D eigenvalue weighted by Crippen LogP contribution is -1.97. The fraction of sp³-hybridized carbons (Fsp3) is 0.688. The Labute approximate surface area is 112 Å². The lowest BCUT2D eigenvalue weighted by Gasteiger charge is -1.96. The highest BCUT2D eigenvalue weighted by atomic mass is 16.5. The van der Waals surface area contributed by atoms with Crippen LogP contribution in [-0.2, 0) is 9.53 Å². The van der Waals surface area contributed by atoms with Crippen LogP contribution >= 0.6 is 0 Å². The third-order valence-electron chi connectivity index (χ3n) is 2.71. The minimum atomic E-state index is -0.194. The molecule has 2 nitrogen and oxygen atoms in total. The van der Waals surface area contributed by atoms with Gasteiger partial charge in [0, 0.05) is 6.42 Å². The molecule has 0 aliphatic heterocycles. The van der Waals surface area contributed by atoms with Crippen molar-refractivity contribution in [2.75, 3.05) is 7.11 Å². The first-order valence-electron chi connectivity index (χ1n) is 7.01. The number of esters is 1. The lowest BCUT2D eigenvalue weighted by molar-refractivity contribution is -0.140. The molecule has 0 rings (SSSR count). The Hall–Kier alpha value is -1.23. The summed E-state index contributed by atoms with van der Waals surface area (Å²) in [6.07, 6.45) is 14.0. The molecule has 2 heteroatoms. The van der Waals surface area contributed by atoms with E-state index in [9.17, 15) is 4.79 Å². The second kappa shape index (κ2) is 13.8. The van der Waals surface area contributed by atoms with Gasteiger partial charge in [-0.2, -0.15) is 0 Å². The summed E-state index contributed by atoms with van der Waals surface area (Å²) in [5.74, 6) is 5.68. The van der Waals surface area contributed by atoms with Crippen LogP contribution < -0.4 is 0 Å². The Bertz CT molecular complexity index is 281. The summed E-state index contributed by atoms with van der Waals surface area (Å²) < 4.78 is 4.53. The van der Waals surface area contributed by atoms with Crippen LogP contribution in [0.3, 0.4) is 0 Å². The van der Waals surface area contributed by atoms with Crippen LogP contribution in [0.5, 0.6) is 0 Å². The number of rotatable bonds is 9. The van der Waals surface area contributed by atoms with Crippen molar-refractivity contribution in [1.82, 2.24) is 0 Å². The highest BCUT2D eigenvalue weighted by Gasteiger charge is 1.94. The van der Waals surface area contributed by atoms with E-state index in [0.29, 0.717) is 12.8 Å². The van der Waals surface area contributed by atoms with Crippen LogP contribution in [0.4, 0.5) is 0 Å². The van der Waals surface area contributed by atoms with E-state index in [1.165, 1.54) is 45.6 Å². The average Bonchev–Trinajstić information content (AvgIpc) is 2.39. The van der Waals surface area contributed by atoms with Crippen LogP contribution in [-0.4, -0.2) is 13.1 Å². The van der Waals surface area contributed by atoms with E-state index in [2.05, 4.69) is 29.6 Å². The smallest absolute Gasteiger partial charge is 0.306 e. The van der Waals surface area contributed by atoms with Gasteiger partial charge < -0.3 is 4.74 Å². The number of allylic oxidation sites excluding steroid dienone is 2. The SMILES string of the molecule is CCCCCCCC/C=C/C#CCCC(=O)OC. The third-order valence-corrected chi connectivity index (χ3v) is 2.71. The number of methoxy groups -OCH3 is 1. The molecule has 0 fully saturated rings. The Balaban J connectivity index is 3.32. The molecule has 0 aliphatic carbocycles. The van der Waals surface area contributed by atoms with E-state index in [4.69, 9.17) is 0 Å². The number of carbonyl (C=O) groups excluding carboxylic acids is 1. The first-order chi connectivity index (χ1) is 8.81. The Morgan fingerprint density at radius 3 is 2.61 bits per heavy atom. The summed E-state index contributed by atoms with van der Waals surface area (Å²) in [4.78, 5) is 10.8. The molecular weight excluding hydrogens is 224 g/mol. The molecule has 0 aromatic carbocycles. The van der Waals surface area contributed by atoms with Crippen LogP contribution in [0.15, 0.2) is 12.2 Å². The molecule has 0 radical (unpaired) electrons. The maximum absolute atomic E-state index is 10.8. The minimum absolute atomic E-state index is 0.194. The van der Waals surface area contributed by atoms with Gasteiger partial charge in [-0.3, -0.25) is 4.79 Å². The highest BCUT2D eigenvalue weighted by molar-refractivity contribution is 5.69. The van der Waals surface area contributed by atoms with E-state index in [-0.39, 0.29) is 5.97 Å². The summed E-state index contributed by atoms with van der Waals surface area (Å²) in [5, 5.41) is 0. The second-order valence-electron chi connectivity index (χ2n) is 4.36. The second-order valence-corrected chi connectivity index (χ2v) is 4.36. The van der Waals surface area contributed by atoms with E-state index in [0.717, 1.165) is 6.42 Å². The summed E-state index contributed by atoms with van der Waals surface area (Å²) in [6, 6.07) is 0. The summed E-state index contributed by atoms with van der Waals surface area (Å²) in [7, 11) is 1.40. The lowest BCUT2D eigenvalue weighted by atomic mass is 10.1. The first-order valence-corrected chi connectivity index (χ1v) is 7.01. The molecule has 0 aliphatic rings. The maximum Gasteiger partial charge on any atom is 0.306 e. The maximum atomic E-state index is 10.8. The number of hydrogen-bond acceptors (Lipinski definition) is 2. The van der Waals surface area contributed by atoms with Crippen molar-refractivity contribution in [2.24, 2.45) is 0 Å². The Kier molecular flexibility index (Phi) is 12.9. The molecule has 0 bridgehead atoms. The Morgan fingerprint density at radius 1 is 1.17 bits per heavy atom. The molecule has 0 saturated heterocycles. The zero-order valence-corrected chi connectivity index (χ0v) is 11.8. The first kappa shape index (κ1) is 16.8.